The quantitative estimate of drug-likeness (QED) is 0.729. The Bertz CT molecular complexity index is 224. The summed E-state index contributed by atoms with van der Waals surface area (Å²) >= 11 is 0. The van der Waals surface area contributed by atoms with Gasteiger partial charge in [0.15, 0.2) is 0 Å². The van der Waals surface area contributed by atoms with Gasteiger partial charge < -0.3 is 10.5 Å². The number of unbranched alkanes of at least 4 members (excludes halogenated alkanes) is 1. The maximum absolute atomic E-state index is 6.08. The molecule has 0 spiro atoms. The highest BCUT2D eigenvalue weighted by Crippen LogP contribution is 2.47. The number of ether oxygens (including phenoxy) is 1. The molecule has 2 heteroatoms. The van der Waals surface area contributed by atoms with Crippen molar-refractivity contribution < 1.29 is 4.74 Å². The van der Waals surface area contributed by atoms with Gasteiger partial charge in [0, 0.05) is 13.7 Å². The molecule has 2 nitrogen and oxygen atoms in total. The van der Waals surface area contributed by atoms with Crippen molar-refractivity contribution in [2.24, 2.45) is 22.5 Å². The fraction of sp³-hybridized carbons (Fsp3) is 1.00. The molecule has 0 atom stereocenters. The number of rotatable bonds is 6. The molecule has 0 aliphatic heterocycles. The first kappa shape index (κ1) is 16.0. The largest absolute Gasteiger partial charge is 0.385 e. The third-order valence-electron chi connectivity index (χ3n) is 5.01. The standard InChI is InChI=1S/C16H33NO/c1-15(2,3)14-7-10-16(13-17,11-8-14)9-5-6-12-18-4/h14H,5-13,17H2,1-4H3. The van der Waals surface area contributed by atoms with Crippen LogP contribution in [0.5, 0.6) is 0 Å². The van der Waals surface area contributed by atoms with Crippen LogP contribution in [0.25, 0.3) is 0 Å². The van der Waals surface area contributed by atoms with E-state index < -0.39 is 0 Å². The van der Waals surface area contributed by atoms with Gasteiger partial charge in [-0.05, 0) is 61.8 Å². The van der Waals surface area contributed by atoms with E-state index in [0.29, 0.717) is 10.8 Å². The van der Waals surface area contributed by atoms with E-state index in [1.54, 1.807) is 7.11 Å². The molecule has 0 aromatic carbocycles. The molecule has 1 fully saturated rings. The average Bonchev–Trinajstić information content (AvgIpc) is 2.34. The van der Waals surface area contributed by atoms with E-state index in [9.17, 15) is 0 Å². The molecule has 1 saturated carbocycles. The van der Waals surface area contributed by atoms with Crippen LogP contribution in [-0.2, 0) is 4.74 Å². The maximum atomic E-state index is 6.08. The first-order valence-corrected chi connectivity index (χ1v) is 7.62. The summed E-state index contributed by atoms with van der Waals surface area (Å²) in [6, 6.07) is 0. The monoisotopic (exact) mass is 255 g/mol. The van der Waals surface area contributed by atoms with Crippen LogP contribution in [0.4, 0.5) is 0 Å². The zero-order valence-electron chi connectivity index (χ0n) is 12.9. The van der Waals surface area contributed by atoms with E-state index in [0.717, 1.165) is 19.1 Å². The van der Waals surface area contributed by atoms with Gasteiger partial charge in [-0.2, -0.15) is 0 Å². The highest BCUT2D eigenvalue weighted by Gasteiger charge is 2.37. The second-order valence-electron chi connectivity index (χ2n) is 7.29. The Labute approximate surface area is 114 Å². The number of nitrogens with two attached hydrogens (primary N) is 1. The number of methoxy groups -OCH3 is 1. The molecular weight excluding hydrogens is 222 g/mol. The van der Waals surface area contributed by atoms with Crippen molar-refractivity contribution in [2.75, 3.05) is 20.3 Å². The van der Waals surface area contributed by atoms with Crippen LogP contribution in [-0.4, -0.2) is 20.3 Å². The Kier molecular flexibility index (Phi) is 6.13. The molecule has 108 valence electrons. The highest BCUT2D eigenvalue weighted by atomic mass is 16.5. The van der Waals surface area contributed by atoms with E-state index in [2.05, 4.69) is 20.8 Å². The second kappa shape index (κ2) is 6.91. The van der Waals surface area contributed by atoms with Gasteiger partial charge in [0.2, 0.25) is 0 Å². The summed E-state index contributed by atoms with van der Waals surface area (Å²) in [5, 5.41) is 0. The smallest absolute Gasteiger partial charge is 0.0462 e. The normalized spacial score (nSPS) is 29.5. The van der Waals surface area contributed by atoms with Gasteiger partial charge >= 0.3 is 0 Å². The van der Waals surface area contributed by atoms with Gasteiger partial charge in [-0.1, -0.05) is 27.2 Å². The fourth-order valence-electron chi connectivity index (χ4n) is 3.40. The molecule has 18 heavy (non-hydrogen) atoms. The van der Waals surface area contributed by atoms with Gasteiger partial charge in [0.05, 0.1) is 0 Å². The molecule has 0 heterocycles. The van der Waals surface area contributed by atoms with Gasteiger partial charge in [-0.15, -0.1) is 0 Å². The summed E-state index contributed by atoms with van der Waals surface area (Å²) in [4.78, 5) is 0. The van der Waals surface area contributed by atoms with Crippen molar-refractivity contribution >= 4 is 0 Å². The van der Waals surface area contributed by atoms with Gasteiger partial charge in [0.25, 0.3) is 0 Å². The van der Waals surface area contributed by atoms with E-state index in [1.807, 2.05) is 0 Å². The summed E-state index contributed by atoms with van der Waals surface area (Å²) in [6.45, 7) is 8.91. The van der Waals surface area contributed by atoms with Crippen molar-refractivity contribution in [3.05, 3.63) is 0 Å². The van der Waals surface area contributed by atoms with Crippen LogP contribution < -0.4 is 5.73 Å². The molecule has 0 radical (unpaired) electrons. The third kappa shape index (κ3) is 4.55. The lowest BCUT2D eigenvalue weighted by molar-refractivity contribution is 0.0818. The summed E-state index contributed by atoms with van der Waals surface area (Å²) in [7, 11) is 1.78. The minimum Gasteiger partial charge on any atom is -0.385 e. The van der Waals surface area contributed by atoms with Crippen molar-refractivity contribution in [1.82, 2.24) is 0 Å². The van der Waals surface area contributed by atoms with Gasteiger partial charge in [-0.3, -0.25) is 0 Å². The molecule has 0 unspecified atom stereocenters. The first-order valence-electron chi connectivity index (χ1n) is 7.62. The van der Waals surface area contributed by atoms with Crippen LogP contribution in [0.3, 0.4) is 0 Å². The van der Waals surface area contributed by atoms with Crippen molar-refractivity contribution in [1.29, 1.82) is 0 Å². The van der Waals surface area contributed by atoms with Crippen LogP contribution in [0, 0.1) is 16.7 Å². The van der Waals surface area contributed by atoms with E-state index in [4.69, 9.17) is 10.5 Å². The number of hydrogen-bond acceptors (Lipinski definition) is 2. The Morgan fingerprint density at radius 2 is 1.78 bits per heavy atom. The molecular formula is C16H33NO. The summed E-state index contributed by atoms with van der Waals surface area (Å²) in [5.74, 6) is 0.885. The zero-order valence-corrected chi connectivity index (χ0v) is 12.9. The van der Waals surface area contributed by atoms with Crippen LogP contribution >= 0.6 is 0 Å². The Balaban J connectivity index is 2.40. The SMILES string of the molecule is COCCCCC1(CN)CCC(C(C)(C)C)CC1. The maximum Gasteiger partial charge on any atom is 0.0462 e. The Morgan fingerprint density at radius 1 is 1.17 bits per heavy atom. The highest BCUT2D eigenvalue weighted by molar-refractivity contribution is 4.89. The lowest BCUT2D eigenvalue weighted by Crippen LogP contribution is -2.37. The predicted molar refractivity (Wildman–Crippen MR) is 78.6 cm³/mol. The van der Waals surface area contributed by atoms with Gasteiger partial charge in [-0.25, -0.2) is 0 Å². The lowest BCUT2D eigenvalue weighted by Gasteiger charge is -2.44. The van der Waals surface area contributed by atoms with Crippen LogP contribution in [0.1, 0.15) is 65.7 Å². The topological polar surface area (TPSA) is 35.2 Å². The molecule has 0 amide bonds. The fourth-order valence-corrected chi connectivity index (χ4v) is 3.40. The van der Waals surface area contributed by atoms with E-state index in [1.165, 1.54) is 44.9 Å². The molecule has 0 bridgehead atoms. The molecule has 1 aliphatic carbocycles. The summed E-state index contributed by atoms with van der Waals surface area (Å²) < 4.78 is 5.13. The number of hydrogen-bond donors (Lipinski definition) is 1. The molecule has 1 aliphatic rings. The molecule has 0 aromatic heterocycles. The molecule has 2 N–H and O–H groups in total. The minimum absolute atomic E-state index is 0.440. The molecule has 0 aromatic rings. The zero-order chi connectivity index (χ0) is 13.6. The van der Waals surface area contributed by atoms with Crippen LogP contribution in [0.2, 0.25) is 0 Å². The second-order valence-corrected chi connectivity index (χ2v) is 7.29. The average molecular weight is 255 g/mol. The Morgan fingerprint density at radius 3 is 2.22 bits per heavy atom. The minimum atomic E-state index is 0.440. The predicted octanol–water partition coefficient (Wildman–Crippen LogP) is 3.98. The van der Waals surface area contributed by atoms with Crippen molar-refractivity contribution in [3.63, 3.8) is 0 Å². The Hall–Kier alpha value is -0.0800. The van der Waals surface area contributed by atoms with E-state index in [-0.39, 0.29) is 0 Å². The van der Waals surface area contributed by atoms with Crippen molar-refractivity contribution in [3.8, 4) is 0 Å². The van der Waals surface area contributed by atoms with Crippen LogP contribution in [0.15, 0.2) is 0 Å². The summed E-state index contributed by atoms with van der Waals surface area (Å²) in [5.41, 5.74) is 6.99. The van der Waals surface area contributed by atoms with Gasteiger partial charge in [0.1, 0.15) is 0 Å². The van der Waals surface area contributed by atoms with E-state index >= 15 is 0 Å². The lowest BCUT2D eigenvalue weighted by atomic mass is 9.62. The molecule has 0 saturated heterocycles. The van der Waals surface area contributed by atoms with Crippen molar-refractivity contribution in [2.45, 2.75) is 65.7 Å². The molecule has 1 rings (SSSR count). The first-order chi connectivity index (χ1) is 8.43. The summed E-state index contributed by atoms with van der Waals surface area (Å²) in [6.07, 6.45) is 9.14. The third-order valence-corrected chi connectivity index (χ3v) is 5.01.